The third-order valence-electron chi connectivity index (χ3n) is 9.96. The van der Waals surface area contributed by atoms with Crippen molar-refractivity contribution in [2.45, 2.75) is 76.0 Å². The van der Waals surface area contributed by atoms with Crippen molar-refractivity contribution >= 4 is 39.8 Å². The molecule has 4 atom stereocenters. The highest BCUT2D eigenvalue weighted by atomic mass is 32.1. The number of carbonyl (C=O) groups excluding carboxylic acids is 3. The first-order chi connectivity index (χ1) is 23.9. The van der Waals surface area contributed by atoms with Crippen molar-refractivity contribution in [3.63, 3.8) is 0 Å². The number of amides is 3. The normalized spacial score (nSPS) is 18.0. The van der Waals surface area contributed by atoms with Gasteiger partial charge in [0.15, 0.2) is 0 Å². The molecule has 10 nitrogen and oxygen atoms in total. The molecule has 1 aliphatic heterocycles. The van der Waals surface area contributed by atoms with Crippen LogP contribution >= 0.6 is 11.3 Å². The average molecular weight is 686 g/mol. The number of aliphatic hydroxyl groups is 1. The van der Waals surface area contributed by atoms with Crippen LogP contribution in [0.2, 0.25) is 0 Å². The molecule has 4 N–H and O–H groups in total. The summed E-state index contributed by atoms with van der Waals surface area (Å²) in [7, 11) is 0. The lowest BCUT2D eigenvalue weighted by molar-refractivity contribution is -0.140. The Morgan fingerprint density at radius 2 is 1.76 bits per heavy atom. The zero-order valence-corrected chi connectivity index (χ0v) is 28.7. The van der Waals surface area contributed by atoms with Gasteiger partial charge in [0.05, 0.1) is 37.2 Å². The summed E-state index contributed by atoms with van der Waals surface area (Å²) in [4.78, 5) is 51.9. The standard InChI is InChI=1S/C38H47N5O5S/c44-35(43-15-17-48-18-16-43)22-29(21-28-12-6-11-27-10-4-5-13-31(27)28)37(46)42-33(23-30-24-39-25-40-30)38(47)41-32(20-26-8-2-1-3-9-26)36(45)34-14-7-19-49-34/h4-7,10-14,19,24-26,29,32-33,36,45H,1-3,8-9,15-18,20-23H2,(H,39,40)(H,41,47)(H,42,46)/t29-,32+,33+,36-/m1/s1. The Bertz CT molecular complexity index is 1640. The van der Waals surface area contributed by atoms with Crippen molar-refractivity contribution in [2.75, 3.05) is 26.3 Å². The number of fused-ring (bicyclic) bond motifs is 1. The number of hydrogen-bond donors (Lipinski definition) is 4. The number of thiophene rings is 1. The maximum atomic E-state index is 14.3. The van der Waals surface area contributed by atoms with Crippen molar-refractivity contribution in [3.8, 4) is 0 Å². The minimum absolute atomic E-state index is 0.00714. The van der Waals surface area contributed by atoms with Gasteiger partial charge in [0.1, 0.15) is 12.1 Å². The lowest BCUT2D eigenvalue weighted by Crippen LogP contribution is -2.54. The van der Waals surface area contributed by atoms with E-state index in [9.17, 15) is 19.5 Å². The van der Waals surface area contributed by atoms with E-state index in [1.54, 1.807) is 17.4 Å². The number of nitrogens with zero attached hydrogens (tertiary/aromatic N) is 2. The van der Waals surface area contributed by atoms with Crippen LogP contribution in [0.5, 0.6) is 0 Å². The minimum Gasteiger partial charge on any atom is -0.385 e. The number of aliphatic hydroxyl groups excluding tert-OH is 1. The van der Waals surface area contributed by atoms with Crippen molar-refractivity contribution in [1.82, 2.24) is 25.5 Å². The van der Waals surface area contributed by atoms with Crippen molar-refractivity contribution < 1.29 is 24.2 Å². The second-order valence-corrected chi connectivity index (χ2v) is 14.4. The molecule has 3 heterocycles. The Kier molecular flexibility index (Phi) is 12.1. The quantitative estimate of drug-likeness (QED) is 0.148. The highest BCUT2D eigenvalue weighted by Gasteiger charge is 2.33. The van der Waals surface area contributed by atoms with E-state index < -0.39 is 24.1 Å². The van der Waals surface area contributed by atoms with E-state index >= 15 is 0 Å². The Labute approximate surface area is 291 Å². The number of aromatic amines is 1. The van der Waals surface area contributed by atoms with Gasteiger partial charge < -0.3 is 30.4 Å². The maximum absolute atomic E-state index is 14.3. The van der Waals surface area contributed by atoms with Crippen LogP contribution in [-0.2, 0) is 32.0 Å². The van der Waals surface area contributed by atoms with Crippen LogP contribution in [-0.4, -0.2) is 76.1 Å². The summed E-state index contributed by atoms with van der Waals surface area (Å²) >= 11 is 1.47. The SMILES string of the molecule is O=C(N[C@@H](Cc1c[nH]cn1)C(=O)N[C@@H](CC1CCCCC1)[C@@H](O)c1cccs1)[C@@H](CC(=O)N1CCOCC1)Cc1cccc2ccccc12. The molecule has 2 aromatic carbocycles. The second-order valence-electron chi connectivity index (χ2n) is 13.4. The summed E-state index contributed by atoms with van der Waals surface area (Å²) in [5.41, 5.74) is 1.59. The molecule has 0 bridgehead atoms. The van der Waals surface area contributed by atoms with E-state index in [-0.39, 0.29) is 30.6 Å². The first kappa shape index (κ1) is 34.8. The molecule has 4 aromatic rings. The Balaban J connectivity index is 1.24. The van der Waals surface area contributed by atoms with Gasteiger partial charge in [-0.15, -0.1) is 11.3 Å². The van der Waals surface area contributed by atoms with Gasteiger partial charge in [0.25, 0.3) is 0 Å². The van der Waals surface area contributed by atoms with Crippen molar-refractivity contribution in [3.05, 3.63) is 88.6 Å². The molecule has 6 rings (SSSR count). The highest BCUT2D eigenvalue weighted by Crippen LogP contribution is 2.32. The number of carbonyl (C=O) groups is 3. The summed E-state index contributed by atoms with van der Waals surface area (Å²) in [5.74, 6) is -1.16. The lowest BCUT2D eigenvalue weighted by Gasteiger charge is -2.31. The van der Waals surface area contributed by atoms with Crippen LogP contribution in [0.3, 0.4) is 0 Å². The number of aromatic nitrogens is 2. The van der Waals surface area contributed by atoms with Gasteiger partial charge in [0.2, 0.25) is 17.7 Å². The predicted octanol–water partition coefficient (Wildman–Crippen LogP) is 4.95. The molecule has 1 aliphatic carbocycles. The molecular formula is C38H47N5O5S. The Hall–Kier alpha value is -4.06. The first-order valence-electron chi connectivity index (χ1n) is 17.6. The van der Waals surface area contributed by atoms with Gasteiger partial charge in [0, 0.05) is 37.0 Å². The van der Waals surface area contributed by atoms with Gasteiger partial charge in [-0.1, -0.05) is 80.6 Å². The van der Waals surface area contributed by atoms with E-state index in [0.29, 0.717) is 50.8 Å². The lowest BCUT2D eigenvalue weighted by atomic mass is 9.83. The number of ether oxygens (including phenoxy) is 1. The topological polar surface area (TPSA) is 137 Å². The zero-order chi connectivity index (χ0) is 34.0. The fourth-order valence-electron chi connectivity index (χ4n) is 7.25. The zero-order valence-electron chi connectivity index (χ0n) is 27.9. The Morgan fingerprint density at radius 3 is 2.51 bits per heavy atom. The van der Waals surface area contributed by atoms with Crippen LogP contribution < -0.4 is 10.6 Å². The molecule has 1 saturated carbocycles. The molecular weight excluding hydrogens is 639 g/mol. The third-order valence-corrected chi connectivity index (χ3v) is 10.9. The van der Waals surface area contributed by atoms with Gasteiger partial charge >= 0.3 is 0 Å². The molecule has 2 fully saturated rings. The molecule has 260 valence electrons. The largest absolute Gasteiger partial charge is 0.385 e. The van der Waals surface area contributed by atoms with Crippen molar-refractivity contribution in [2.24, 2.45) is 11.8 Å². The third kappa shape index (κ3) is 9.35. The van der Waals surface area contributed by atoms with Gasteiger partial charge in [-0.3, -0.25) is 14.4 Å². The summed E-state index contributed by atoms with van der Waals surface area (Å²) < 4.78 is 5.45. The van der Waals surface area contributed by atoms with Crippen LogP contribution in [0.4, 0.5) is 0 Å². The number of hydrogen-bond acceptors (Lipinski definition) is 7. The number of imidazole rings is 1. The molecule has 0 unspecified atom stereocenters. The highest BCUT2D eigenvalue weighted by molar-refractivity contribution is 7.10. The number of morpholine rings is 1. The second kappa shape index (κ2) is 17.0. The van der Waals surface area contributed by atoms with Crippen LogP contribution in [0.1, 0.15) is 67.2 Å². The monoisotopic (exact) mass is 685 g/mol. The van der Waals surface area contributed by atoms with E-state index in [1.807, 2.05) is 60.0 Å². The minimum atomic E-state index is -0.964. The van der Waals surface area contributed by atoms with E-state index in [2.05, 4.69) is 20.6 Å². The van der Waals surface area contributed by atoms with Gasteiger partial charge in [-0.25, -0.2) is 4.98 Å². The van der Waals surface area contributed by atoms with Crippen molar-refractivity contribution in [1.29, 1.82) is 0 Å². The molecule has 2 aliphatic rings. The molecule has 3 amide bonds. The number of benzene rings is 2. The summed E-state index contributed by atoms with van der Waals surface area (Å²) in [6.07, 6.45) is 9.22. The van der Waals surface area contributed by atoms with Gasteiger partial charge in [-0.2, -0.15) is 0 Å². The molecule has 11 heteroatoms. The molecule has 0 spiro atoms. The summed E-state index contributed by atoms with van der Waals surface area (Å²) in [6.45, 7) is 1.91. The number of H-pyrrole nitrogens is 1. The molecule has 2 aromatic heterocycles. The fraction of sp³-hybridized carbons (Fsp3) is 0.474. The molecule has 0 radical (unpaired) electrons. The summed E-state index contributed by atoms with van der Waals surface area (Å²) in [6, 6.07) is 16.3. The number of nitrogens with one attached hydrogen (secondary N) is 3. The molecule has 1 saturated heterocycles. The average Bonchev–Trinajstić information content (AvgIpc) is 3.87. The van der Waals surface area contributed by atoms with Gasteiger partial charge in [-0.05, 0) is 46.5 Å². The molecule has 49 heavy (non-hydrogen) atoms. The fourth-order valence-corrected chi connectivity index (χ4v) is 8.02. The summed E-state index contributed by atoms with van der Waals surface area (Å²) in [5, 5.41) is 21.7. The van der Waals surface area contributed by atoms with Crippen LogP contribution in [0, 0.1) is 11.8 Å². The smallest absolute Gasteiger partial charge is 0.243 e. The van der Waals surface area contributed by atoms with Crippen LogP contribution in [0.25, 0.3) is 10.8 Å². The van der Waals surface area contributed by atoms with Crippen LogP contribution in [0.15, 0.2) is 72.5 Å². The van der Waals surface area contributed by atoms with E-state index in [1.165, 1.54) is 17.8 Å². The Morgan fingerprint density at radius 1 is 0.959 bits per heavy atom. The first-order valence-corrected chi connectivity index (χ1v) is 18.4. The maximum Gasteiger partial charge on any atom is 0.243 e. The van der Waals surface area contributed by atoms with E-state index in [4.69, 9.17) is 4.74 Å². The number of rotatable bonds is 14. The predicted molar refractivity (Wildman–Crippen MR) is 190 cm³/mol. The van der Waals surface area contributed by atoms with E-state index in [0.717, 1.165) is 46.9 Å².